The predicted octanol–water partition coefficient (Wildman–Crippen LogP) is 3.63. The lowest BCUT2D eigenvalue weighted by molar-refractivity contribution is -0.133. The SMILES string of the molecule is CC[C@H](C)c1ccc(NC(=O)CN2C(=O)N[C@](C)(c3cc(OC)c(OC)c(OC)c3)C2=O)cc1. The van der Waals surface area contributed by atoms with Gasteiger partial charge in [0.1, 0.15) is 12.1 Å². The number of benzene rings is 2. The van der Waals surface area contributed by atoms with Crippen molar-refractivity contribution in [3.8, 4) is 17.2 Å². The quantitative estimate of drug-likeness (QED) is 0.543. The fraction of sp³-hybridized carbons (Fsp3) is 0.400. The third-order valence-corrected chi connectivity index (χ3v) is 6.19. The second-order valence-electron chi connectivity index (χ2n) is 8.34. The molecule has 0 radical (unpaired) electrons. The number of amides is 4. The van der Waals surface area contributed by atoms with Crippen LogP contribution in [0.25, 0.3) is 0 Å². The normalized spacial score (nSPS) is 18.4. The van der Waals surface area contributed by atoms with Crippen LogP contribution in [0.1, 0.15) is 44.2 Å². The van der Waals surface area contributed by atoms with E-state index in [0.717, 1.165) is 11.3 Å². The molecule has 4 amide bonds. The Morgan fingerprint density at radius 1 is 1.06 bits per heavy atom. The number of nitrogens with one attached hydrogen (secondary N) is 2. The molecule has 0 unspecified atom stereocenters. The van der Waals surface area contributed by atoms with Crippen molar-refractivity contribution in [1.82, 2.24) is 10.2 Å². The number of nitrogens with zero attached hydrogens (tertiary/aromatic N) is 1. The summed E-state index contributed by atoms with van der Waals surface area (Å²) in [5.41, 5.74) is 0.790. The van der Waals surface area contributed by atoms with Crippen LogP contribution in [0, 0.1) is 0 Å². The number of methoxy groups -OCH3 is 3. The van der Waals surface area contributed by atoms with Gasteiger partial charge in [0, 0.05) is 5.69 Å². The summed E-state index contributed by atoms with van der Waals surface area (Å²) in [6, 6.07) is 10.1. The molecule has 34 heavy (non-hydrogen) atoms. The average molecular weight is 470 g/mol. The number of ether oxygens (including phenoxy) is 3. The van der Waals surface area contributed by atoms with Gasteiger partial charge in [-0.05, 0) is 54.7 Å². The molecule has 0 spiro atoms. The molecule has 2 aromatic rings. The van der Waals surface area contributed by atoms with Crippen molar-refractivity contribution < 1.29 is 28.6 Å². The molecule has 0 aromatic heterocycles. The summed E-state index contributed by atoms with van der Waals surface area (Å²) >= 11 is 0. The number of hydrogen-bond donors (Lipinski definition) is 2. The Bertz CT molecular complexity index is 1060. The van der Waals surface area contributed by atoms with Crippen molar-refractivity contribution in [3.05, 3.63) is 47.5 Å². The number of anilines is 1. The summed E-state index contributed by atoms with van der Waals surface area (Å²) in [5.74, 6) is 0.436. The summed E-state index contributed by atoms with van der Waals surface area (Å²) in [5, 5.41) is 5.43. The first-order valence-electron chi connectivity index (χ1n) is 11.0. The summed E-state index contributed by atoms with van der Waals surface area (Å²) in [6.07, 6.45) is 1.02. The molecule has 0 saturated carbocycles. The van der Waals surface area contributed by atoms with Crippen molar-refractivity contribution in [1.29, 1.82) is 0 Å². The third kappa shape index (κ3) is 4.64. The van der Waals surface area contributed by atoms with Crippen molar-refractivity contribution >= 4 is 23.5 Å². The van der Waals surface area contributed by atoms with E-state index < -0.39 is 29.9 Å². The highest BCUT2D eigenvalue weighted by atomic mass is 16.5. The number of rotatable bonds is 9. The number of imide groups is 1. The van der Waals surface area contributed by atoms with Crippen LogP contribution >= 0.6 is 0 Å². The van der Waals surface area contributed by atoms with Crippen LogP contribution in [0.15, 0.2) is 36.4 Å². The predicted molar refractivity (Wildman–Crippen MR) is 127 cm³/mol. The first kappa shape index (κ1) is 24.9. The third-order valence-electron chi connectivity index (χ3n) is 6.19. The zero-order valence-corrected chi connectivity index (χ0v) is 20.4. The zero-order chi connectivity index (χ0) is 25.0. The number of urea groups is 1. The molecule has 2 atom stereocenters. The van der Waals surface area contributed by atoms with Gasteiger partial charge in [-0.1, -0.05) is 26.0 Å². The van der Waals surface area contributed by atoms with Crippen LogP contribution in [-0.4, -0.2) is 50.6 Å². The number of carbonyl (C=O) groups excluding carboxylic acids is 3. The Hall–Kier alpha value is -3.75. The van der Waals surface area contributed by atoms with Gasteiger partial charge in [0.15, 0.2) is 11.5 Å². The fourth-order valence-electron chi connectivity index (χ4n) is 3.88. The second kappa shape index (κ2) is 10.0. The summed E-state index contributed by atoms with van der Waals surface area (Å²) < 4.78 is 16.1. The van der Waals surface area contributed by atoms with E-state index in [-0.39, 0.29) is 0 Å². The van der Waals surface area contributed by atoms with Crippen LogP contribution in [0.2, 0.25) is 0 Å². The van der Waals surface area contributed by atoms with Crippen molar-refractivity contribution in [2.45, 2.75) is 38.6 Å². The Labute approximate surface area is 199 Å². The van der Waals surface area contributed by atoms with Gasteiger partial charge in [0.05, 0.1) is 21.3 Å². The van der Waals surface area contributed by atoms with E-state index in [2.05, 4.69) is 24.5 Å². The molecule has 182 valence electrons. The van der Waals surface area contributed by atoms with Crippen molar-refractivity contribution in [2.24, 2.45) is 0 Å². The van der Waals surface area contributed by atoms with Gasteiger partial charge in [0.25, 0.3) is 5.91 Å². The van der Waals surface area contributed by atoms with E-state index in [1.54, 1.807) is 19.1 Å². The van der Waals surface area contributed by atoms with Gasteiger partial charge in [0.2, 0.25) is 11.7 Å². The van der Waals surface area contributed by atoms with E-state index in [0.29, 0.717) is 34.4 Å². The van der Waals surface area contributed by atoms with Crippen LogP contribution < -0.4 is 24.8 Å². The van der Waals surface area contributed by atoms with E-state index >= 15 is 0 Å². The monoisotopic (exact) mass is 469 g/mol. The molecule has 9 heteroatoms. The molecule has 0 aliphatic carbocycles. The van der Waals surface area contributed by atoms with Gasteiger partial charge in [-0.2, -0.15) is 0 Å². The van der Waals surface area contributed by atoms with E-state index in [4.69, 9.17) is 14.2 Å². The molecular formula is C25H31N3O6. The maximum Gasteiger partial charge on any atom is 0.325 e. The molecule has 1 aliphatic heterocycles. The molecular weight excluding hydrogens is 438 g/mol. The summed E-state index contributed by atoms with van der Waals surface area (Å²) in [6.45, 7) is 5.40. The van der Waals surface area contributed by atoms with E-state index in [1.807, 2.05) is 24.3 Å². The molecule has 1 heterocycles. The van der Waals surface area contributed by atoms with Crippen molar-refractivity contribution in [2.75, 3.05) is 33.2 Å². The highest BCUT2D eigenvalue weighted by Crippen LogP contribution is 2.42. The largest absolute Gasteiger partial charge is 0.493 e. The van der Waals surface area contributed by atoms with Crippen LogP contribution in [0.5, 0.6) is 17.2 Å². The van der Waals surface area contributed by atoms with Crippen LogP contribution in [-0.2, 0) is 15.1 Å². The first-order chi connectivity index (χ1) is 16.2. The second-order valence-corrected chi connectivity index (χ2v) is 8.34. The minimum Gasteiger partial charge on any atom is -0.493 e. The van der Waals surface area contributed by atoms with E-state index in [1.165, 1.54) is 26.9 Å². The molecule has 2 N–H and O–H groups in total. The van der Waals surface area contributed by atoms with Gasteiger partial charge >= 0.3 is 6.03 Å². The smallest absolute Gasteiger partial charge is 0.325 e. The minimum absolute atomic E-state index is 0.345. The Balaban J connectivity index is 1.78. The first-order valence-corrected chi connectivity index (χ1v) is 11.0. The highest BCUT2D eigenvalue weighted by Gasteiger charge is 2.50. The zero-order valence-electron chi connectivity index (χ0n) is 20.4. The minimum atomic E-state index is -1.41. The van der Waals surface area contributed by atoms with Crippen LogP contribution in [0.3, 0.4) is 0 Å². The molecule has 1 fully saturated rings. The Morgan fingerprint density at radius 2 is 1.65 bits per heavy atom. The molecule has 2 aromatic carbocycles. The van der Waals surface area contributed by atoms with Gasteiger partial charge < -0.3 is 24.8 Å². The Morgan fingerprint density at radius 3 is 2.15 bits per heavy atom. The molecule has 9 nitrogen and oxygen atoms in total. The van der Waals surface area contributed by atoms with Crippen LogP contribution in [0.4, 0.5) is 10.5 Å². The highest BCUT2D eigenvalue weighted by molar-refractivity contribution is 6.10. The lowest BCUT2D eigenvalue weighted by atomic mass is 9.91. The van der Waals surface area contributed by atoms with Gasteiger partial charge in [-0.15, -0.1) is 0 Å². The standard InChI is InChI=1S/C25H31N3O6/c1-7-15(2)16-8-10-18(11-9-16)26-21(29)14-28-23(30)25(3,27-24(28)31)17-12-19(32-4)22(34-6)20(13-17)33-5/h8-13,15H,7,14H2,1-6H3,(H,26,29)(H,27,31)/t15-,25+/m0/s1. The topological polar surface area (TPSA) is 106 Å². The van der Waals surface area contributed by atoms with Gasteiger partial charge in [-0.3, -0.25) is 14.5 Å². The molecule has 0 bridgehead atoms. The number of hydrogen-bond acceptors (Lipinski definition) is 6. The summed E-state index contributed by atoms with van der Waals surface area (Å²) in [4.78, 5) is 39.5. The maximum absolute atomic E-state index is 13.3. The summed E-state index contributed by atoms with van der Waals surface area (Å²) in [7, 11) is 4.40. The van der Waals surface area contributed by atoms with Crippen molar-refractivity contribution in [3.63, 3.8) is 0 Å². The average Bonchev–Trinajstić information content (AvgIpc) is 3.06. The fourth-order valence-corrected chi connectivity index (χ4v) is 3.88. The lowest BCUT2D eigenvalue weighted by Crippen LogP contribution is -2.42. The Kier molecular flexibility index (Phi) is 7.34. The van der Waals surface area contributed by atoms with E-state index in [9.17, 15) is 14.4 Å². The maximum atomic E-state index is 13.3. The van der Waals surface area contributed by atoms with Gasteiger partial charge in [-0.25, -0.2) is 4.79 Å². The number of carbonyl (C=O) groups is 3. The lowest BCUT2D eigenvalue weighted by Gasteiger charge is -2.24. The molecule has 1 saturated heterocycles. The molecule has 3 rings (SSSR count). The molecule has 1 aliphatic rings.